The van der Waals surface area contributed by atoms with Gasteiger partial charge in [-0.1, -0.05) is 12.1 Å². The van der Waals surface area contributed by atoms with E-state index >= 15 is 0 Å². The summed E-state index contributed by atoms with van der Waals surface area (Å²) in [6, 6.07) is 9.79. The highest BCUT2D eigenvalue weighted by Crippen LogP contribution is 2.26. The lowest BCUT2D eigenvalue weighted by Gasteiger charge is -2.08. The number of nitrogens with zero attached hydrogens (tertiary/aromatic N) is 1. The second-order valence-corrected chi connectivity index (χ2v) is 3.29. The van der Waals surface area contributed by atoms with Gasteiger partial charge in [0.2, 0.25) is 0 Å². The van der Waals surface area contributed by atoms with Crippen LogP contribution in [-0.4, -0.2) is 12.0 Å². The van der Waals surface area contributed by atoms with Gasteiger partial charge in [-0.05, 0) is 23.8 Å². The van der Waals surface area contributed by atoms with Crippen molar-refractivity contribution in [2.24, 2.45) is 0 Å². The van der Waals surface area contributed by atoms with Crippen molar-refractivity contribution in [1.82, 2.24) is 4.98 Å². The third-order valence-corrected chi connectivity index (χ3v) is 2.31. The first kappa shape index (κ1) is 9.52. The molecule has 0 aliphatic rings. The van der Waals surface area contributed by atoms with E-state index < -0.39 is 0 Å². The first-order valence-corrected chi connectivity index (χ1v) is 4.79. The highest BCUT2D eigenvalue weighted by atomic mass is 14.8. The monoisotopic (exact) mass is 199 g/mol. The number of nitrogens with two attached hydrogens (primary N) is 1. The Bertz CT molecular complexity index is 449. The van der Waals surface area contributed by atoms with Gasteiger partial charge in [0.1, 0.15) is 0 Å². The molecule has 0 fully saturated rings. The molecule has 0 aliphatic heterocycles. The molecule has 0 saturated heterocycles. The minimum absolute atomic E-state index is 0.777. The summed E-state index contributed by atoms with van der Waals surface area (Å²) in [5.41, 5.74) is 9.71. The molecule has 2 rings (SSSR count). The van der Waals surface area contributed by atoms with E-state index in [0.29, 0.717) is 0 Å². The Morgan fingerprint density at radius 3 is 2.53 bits per heavy atom. The number of anilines is 2. The van der Waals surface area contributed by atoms with Gasteiger partial charge in [0.15, 0.2) is 0 Å². The van der Waals surface area contributed by atoms with E-state index in [1.807, 2.05) is 43.6 Å². The van der Waals surface area contributed by atoms with Crippen LogP contribution < -0.4 is 11.1 Å². The van der Waals surface area contributed by atoms with Crippen LogP contribution in [0.3, 0.4) is 0 Å². The van der Waals surface area contributed by atoms with Gasteiger partial charge in [0, 0.05) is 24.5 Å². The summed E-state index contributed by atoms with van der Waals surface area (Å²) in [6.07, 6.45) is 3.60. The predicted molar refractivity (Wildman–Crippen MR) is 63.6 cm³/mol. The maximum absolute atomic E-state index is 5.65. The Morgan fingerprint density at radius 1 is 1.13 bits per heavy atom. The number of nitrogen functional groups attached to an aromatic ring is 1. The Labute approximate surface area is 89.0 Å². The van der Waals surface area contributed by atoms with E-state index in [0.717, 1.165) is 22.5 Å². The summed E-state index contributed by atoms with van der Waals surface area (Å²) >= 11 is 0. The van der Waals surface area contributed by atoms with Crippen molar-refractivity contribution in [3.05, 3.63) is 42.7 Å². The molecule has 0 spiro atoms. The molecule has 1 aromatic heterocycles. The predicted octanol–water partition coefficient (Wildman–Crippen LogP) is 2.37. The number of nitrogens with one attached hydrogen (secondary N) is 1. The zero-order valence-electron chi connectivity index (χ0n) is 8.57. The molecule has 0 aliphatic carbocycles. The van der Waals surface area contributed by atoms with E-state index in [9.17, 15) is 0 Å². The van der Waals surface area contributed by atoms with Gasteiger partial charge in [0.05, 0.1) is 11.9 Å². The van der Waals surface area contributed by atoms with Crippen molar-refractivity contribution in [3.8, 4) is 11.1 Å². The average molecular weight is 199 g/mol. The molecule has 0 atom stereocenters. The maximum Gasteiger partial charge on any atom is 0.0603 e. The largest absolute Gasteiger partial charge is 0.399 e. The lowest BCUT2D eigenvalue weighted by Crippen LogP contribution is -1.93. The second-order valence-electron chi connectivity index (χ2n) is 3.29. The van der Waals surface area contributed by atoms with Crippen LogP contribution in [0.1, 0.15) is 0 Å². The minimum Gasteiger partial charge on any atom is -0.399 e. The number of pyridine rings is 1. The lowest BCUT2D eigenvalue weighted by atomic mass is 10.1. The number of rotatable bonds is 2. The van der Waals surface area contributed by atoms with Crippen molar-refractivity contribution < 1.29 is 0 Å². The highest BCUT2D eigenvalue weighted by molar-refractivity contribution is 5.77. The van der Waals surface area contributed by atoms with Crippen LogP contribution in [0.4, 0.5) is 11.4 Å². The fourth-order valence-electron chi connectivity index (χ4n) is 1.51. The smallest absolute Gasteiger partial charge is 0.0603 e. The number of aromatic nitrogens is 1. The van der Waals surface area contributed by atoms with Gasteiger partial charge in [0.25, 0.3) is 0 Å². The Kier molecular flexibility index (Phi) is 2.54. The second kappa shape index (κ2) is 4.00. The summed E-state index contributed by atoms with van der Waals surface area (Å²) in [5, 5.41) is 3.11. The molecule has 0 radical (unpaired) electrons. The molecule has 0 bridgehead atoms. The lowest BCUT2D eigenvalue weighted by molar-refractivity contribution is 1.31. The van der Waals surface area contributed by atoms with Gasteiger partial charge < -0.3 is 11.1 Å². The van der Waals surface area contributed by atoms with Crippen LogP contribution in [0.5, 0.6) is 0 Å². The van der Waals surface area contributed by atoms with E-state index in [1.165, 1.54) is 0 Å². The van der Waals surface area contributed by atoms with Crippen molar-refractivity contribution in [2.45, 2.75) is 0 Å². The highest BCUT2D eigenvalue weighted by Gasteiger charge is 2.02. The molecule has 0 unspecified atom stereocenters. The standard InChI is InChI=1S/C12H13N3/c1-14-12-8-15-7-6-11(12)9-2-4-10(13)5-3-9/h2-8,14H,13H2,1H3. The summed E-state index contributed by atoms with van der Waals surface area (Å²) in [7, 11) is 1.89. The zero-order chi connectivity index (χ0) is 10.7. The fraction of sp³-hybridized carbons (Fsp3) is 0.0833. The quantitative estimate of drug-likeness (QED) is 0.730. The maximum atomic E-state index is 5.65. The molecule has 0 saturated carbocycles. The SMILES string of the molecule is CNc1cnccc1-c1ccc(N)cc1. The average Bonchev–Trinajstić information content (AvgIpc) is 2.30. The van der Waals surface area contributed by atoms with E-state index in [-0.39, 0.29) is 0 Å². The number of hydrogen-bond acceptors (Lipinski definition) is 3. The van der Waals surface area contributed by atoms with Gasteiger partial charge in [-0.25, -0.2) is 0 Å². The summed E-state index contributed by atoms with van der Waals surface area (Å²) < 4.78 is 0. The summed E-state index contributed by atoms with van der Waals surface area (Å²) in [4.78, 5) is 4.07. The first-order valence-electron chi connectivity index (χ1n) is 4.79. The van der Waals surface area contributed by atoms with Crippen LogP contribution in [0.2, 0.25) is 0 Å². The summed E-state index contributed by atoms with van der Waals surface area (Å²) in [5.74, 6) is 0. The molecule has 1 aromatic carbocycles. The molecule has 1 heterocycles. The minimum atomic E-state index is 0.777. The van der Waals surface area contributed by atoms with E-state index in [1.54, 1.807) is 6.20 Å². The molecular weight excluding hydrogens is 186 g/mol. The first-order chi connectivity index (χ1) is 7.31. The molecule has 2 aromatic rings. The third kappa shape index (κ3) is 1.91. The molecule has 0 amide bonds. The Balaban J connectivity index is 2.49. The third-order valence-electron chi connectivity index (χ3n) is 2.31. The number of hydrogen-bond donors (Lipinski definition) is 2. The molecular formula is C12H13N3. The molecule has 3 heteroatoms. The van der Waals surface area contributed by atoms with Gasteiger partial charge in [-0.2, -0.15) is 0 Å². The molecule has 3 nitrogen and oxygen atoms in total. The normalized spacial score (nSPS) is 9.93. The Morgan fingerprint density at radius 2 is 1.87 bits per heavy atom. The van der Waals surface area contributed by atoms with E-state index in [4.69, 9.17) is 5.73 Å². The van der Waals surface area contributed by atoms with Crippen molar-refractivity contribution in [1.29, 1.82) is 0 Å². The number of benzene rings is 1. The summed E-state index contributed by atoms with van der Waals surface area (Å²) in [6.45, 7) is 0. The molecule has 3 N–H and O–H groups in total. The van der Waals surface area contributed by atoms with Crippen LogP contribution >= 0.6 is 0 Å². The zero-order valence-corrected chi connectivity index (χ0v) is 8.57. The van der Waals surface area contributed by atoms with Crippen LogP contribution in [0.25, 0.3) is 11.1 Å². The fourth-order valence-corrected chi connectivity index (χ4v) is 1.51. The Hall–Kier alpha value is -2.03. The molecule has 76 valence electrons. The van der Waals surface area contributed by atoms with Gasteiger partial charge in [-0.3, -0.25) is 4.98 Å². The topological polar surface area (TPSA) is 50.9 Å². The van der Waals surface area contributed by atoms with Crippen LogP contribution in [-0.2, 0) is 0 Å². The molecule has 15 heavy (non-hydrogen) atoms. The van der Waals surface area contributed by atoms with Gasteiger partial charge in [-0.15, -0.1) is 0 Å². The van der Waals surface area contributed by atoms with Gasteiger partial charge >= 0.3 is 0 Å². The van der Waals surface area contributed by atoms with Crippen molar-refractivity contribution >= 4 is 11.4 Å². The van der Waals surface area contributed by atoms with E-state index in [2.05, 4.69) is 10.3 Å². The van der Waals surface area contributed by atoms with Crippen molar-refractivity contribution in [3.63, 3.8) is 0 Å². The van der Waals surface area contributed by atoms with Crippen LogP contribution in [0, 0.1) is 0 Å². The van der Waals surface area contributed by atoms with Crippen LogP contribution in [0.15, 0.2) is 42.7 Å². The van der Waals surface area contributed by atoms with Crippen molar-refractivity contribution in [2.75, 3.05) is 18.1 Å².